The highest BCUT2D eigenvalue weighted by Crippen LogP contribution is 2.21. The van der Waals surface area contributed by atoms with Gasteiger partial charge < -0.3 is 4.57 Å². The average Bonchev–Trinajstić information content (AvgIpc) is 2.57. The van der Waals surface area contributed by atoms with Gasteiger partial charge in [0.2, 0.25) is 0 Å². The van der Waals surface area contributed by atoms with Crippen molar-refractivity contribution in [2.24, 2.45) is 0 Å². The van der Waals surface area contributed by atoms with Gasteiger partial charge in [0.05, 0.1) is 17.2 Å². The summed E-state index contributed by atoms with van der Waals surface area (Å²) < 4.78 is 1.80. The van der Waals surface area contributed by atoms with E-state index in [9.17, 15) is 4.79 Å². The first kappa shape index (κ1) is 6.83. The molecule has 3 heteroatoms. The second-order valence-electron chi connectivity index (χ2n) is 3.28. The smallest absolute Gasteiger partial charge is 0.269 e. The summed E-state index contributed by atoms with van der Waals surface area (Å²) in [5, 5.41) is 0. The minimum absolute atomic E-state index is 0.0115. The number of para-hydroxylation sites is 1. The Morgan fingerprint density at radius 1 is 1.38 bits per heavy atom. The summed E-state index contributed by atoms with van der Waals surface area (Å²) in [5.74, 6) is 0. The van der Waals surface area contributed by atoms with Crippen molar-refractivity contribution in [3.8, 4) is 0 Å². The van der Waals surface area contributed by atoms with Crippen molar-refractivity contribution in [3.05, 3.63) is 40.3 Å². The molecule has 1 aromatic carbocycles. The number of rotatable bonds is 0. The topological polar surface area (TPSA) is 34.9 Å². The van der Waals surface area contributed by atoms with Crippen LogP contribution in [-0.2, 0) is 13.0 Å². The summed E-state index contributed by atoms with van der Waals surface area (Å²) in [5.41, 5.74) is 3.20. The molecule has 0 fully saturated rings. The Kier molecular flexibility index (Phi) is 1.15. The number of aromatic nitrogens is 2. The molecule has 0 amide bonds. The number of benzene rings is 1. The molecule has 13 heavy (non-hydrogen) atoms. The van der Waals surface area contributed by atoms with Gasteiger partial charge in [0.15, 0.2) is 0 Å². The number of hydrogen-bond acceptors (Lipinski definition) is 2. The highest BCUT2D eigenvalue weighted by atomic mass is 16.1. The average molecular weight is 172 g/mol. The van der Waals surface area contributed by atoms with Gasteiger partial charge in [-0.1, -0.05) is 12.1 Å². The van der Waals surface area contributed by atoms with Crippen LogP contribution in [0.3, 0.4) is 0 Å². The minimum Gasteiger partial charge on any atom is -0.305 e. The van der Waals surface area contributed by atoms with Gasteiger partial charge in [-0.15, -0.1) is 0 Å². The third-order valence-electron chi connectivity index (χ3n) is 2.55. The molecular formula is C10H8N2O. The van der Waals surface area contributed by atoms with Crippen LogP contribution in [0.1, 0.15) is 5.56 Å². The molecule has 0 N–H and O–H groups in total. The molecule has 0 radical (unpaired) electrons. The summed E-state index contributed by atoms with van der Waals surface area (Å²) in [7, 11) is 0. The molecule has 0 bridgehead atoms. The molecule has 3 nitrogen and oxygen atoms in total. The highest BCUT2D eigenvalue weighted by molar-refractivity contribution is 5.79. The molecule has 1 aliphatic rings. The van der Waals surface area contributed by atoms with Gasteiger partial charge in [-0.25, -0.2) is 4.98 Å². The van der Waals surface area contributed by atoms with E-state index in [1.165, 1.54) is 11.8 Å². The van der Waals surface area contributed by atoms with E-state index in [0.717, 1.165) is 24.0 Å². The lowest BCUT2D eigenvalue weighted by atomic mass is 10.2. The molecule has 1 aliphatic heterocycles. The predicted molar refractivity (Wildman–Crippen MR) is 49.7 cm³/mol. The van der Waals surface area contributed by atoms with Crippen molar-refractivity contribution in [2.75, 3.05) is 0 Å². The quantitative estimate of drug-likeness (QED) is 0.593. The van der Waals surface area contributed by atoms with Crippen LogP contribution >= 0.6 is 0 Å². The SMILES string of the molecule is O=c1cnc2cccc3c2n1CC3. The van der Waals surface area contributed by atoms with Crippen molar-refractivity contribution in [1.82, 2.24) is 9.55 Å². The van der Waals surface area contributed by atoms with Crippen molar-refractivity contribution in [2.45, 2.75) is 13.0 Å². The van der Waals surface area contributed by atoms with E-state index in [1.54, 1.807) is 4.57 Å². The summed E-state index contributed by atoms with van der Waals surface area (Å²) in [6.45, 7) is 0.803. The monoisotopic (exact) mass is 172 g/mol. The van der Waals surface area contributed by atoms with Gasteiger partial charge in [0.1, 0.15) is 0 Å². The minimum atomic E-state index is 0.0115. The van der Waals surface area contributed by atoms with E-state index >= 15 is 0 Å². The standard InChI is InChI=1S/C10H8N2O/c13-9-6-11-8-3-1-2-7-4-5-12(9)10(7)8/h1-3,6H,4-5H2. The van der Waals surface area contributed by atoms with Gasteiger partial charge in [-0.05, 0) is 18.1 Å². The molecule has 0 saturated heterocycles. The van der Waals surface area contributed by atoms with Gasteiger partial charge in [0, 0.05) is 6.54 Å². The van der Waals surface area contributed by atoms with E-state index in [4.69, 9.17) is 0 Å². The fourth-order valence-electron chi connectivity index (χ4n) is 1.95. The molecule has 0 spiro atoms. The number of nitrogens with zero attached hydrogens (tertiary/aromatic N) is 2. The molecule has 0 aliphatic carbocycles. The molecule has 64 valence electrons. The van der Waals surface area contributed by atoms with Crippen LogP contribution in [-0.4, -0.2) is 9.55 Å². The van der Waals surface area contributed by atoms with Crippen LogP contribution in [0.15, 0.2) is 29.2 Å². The highest BCUT2D eigenvalue weighted by Gasteiger charge is 2.14. The molecule has 1 aromatic heterocycles. The van der Waals surface area contributed by atoms with Gasteiger partial charge in [0.25, 0.3) is 5.56 Å². The maximum Gasteiger partial charge on any atom is 0.269 e. The lowest BCUT2D eigenvalue weighted by Gasteiger charge is -2.00. The normalized spacial score (nSPS) is 13.8. The van der Waals surface area contributed by atoms with Gasteiger partial charge >= 0.3 is 0 Å². The van der Waals surface area contributed by atoms with Gasteiger partial charge in [-0.2, -0.15) is 0 Å². The Bertz CT molecular complexity index is 542. The van der Waals surface area contributed by atoms with Crippen LogP contribution in [0.2, 0.25) is 0 Å². The molecule has 2 aromatic rings. The maximum absolute atomic E-state index is 11.4. The van der Waals surface area contributed by atoms with E-state index in [1.807, 2.05) is 12.1 Å². The van der Waals surface area contributed by atoms with Crippen LogP contribution in [0.5, 0.6) is 0 Å². The first-order valence-electron chi connectivity index (χ1n) is 4.34. The Labute approximate surface area is 74.6 Å². The van der Waals surface area contributed by atoms with Crippen LogP contribution < -0.4 is 5.56 Å². The zero-order valence-electron chi connectivity index (χ0n) is 7.03. The Morgan fingerprint density at radius 3 is 3.23 bits per heavy atom. The van der Waals surface area contributed by atoms with Crippen molar-refractivity contribution in [3.63, 3.8) is 0 Å². The molecule has 0 unspecified atom stereocenters. The zero-order valence-corrected chi connectivity index (χ0v) is 7.03. The Morgan fingerprint density at radius 2 is 2.31 bits per heavy atom. The van der Waals surface area contributed by atoms with E-state index in [0.29, 0.717) is 0 Å². The Hall–Kier alpha value is -1.64. The van der Waals surface area contributed by atoms with Crippen LogP contribution in [0.4, 0.5) is 0 Å². The summed E-state index contributed by atoms with van der Waals surface area (Å²) >= 11 is 0. The largest absolute Gasteiger partial charge is 0.305 e. The fraction of sp³-hybridized carbons (Fsp3) is 0.200. The molecular weight excluding hydrogens is 164 g/mol. The second kappa shape index (κ2) is 2.19. The molecule has 2 heterocycles. The summed E-state index contributed by atoms with van der Waals surface area (Å²) in [6.07, 6.45) is 2.36. The molecule has 3 rings (SSSR count). The number of hydrogen-bond donors (Lipinski definition) is 0. The van der Waals surface area contributed by atoms with Gasteiger partial charge in [-0.3, -0.25) is 4.79 Å². The van der Waals surface area contributed by atoms with Crippen LogP contribution in [0, 0.1) is 0 Å². The first-order valence-corrected chi connectivity index (χ1v) is 4.34. The lowest BCUT2D eigenvalue weighted by Crippen LogP contribution is -2.17. The van der Waals surface area contributed by atoms with E-state index in [-0.39, 0.29) is 5.56 Å². The van der Waals surface area contributed by atoms with Crippen molar-refractivity contribution < 1.29 is 0 Å². The van der Waals surface area contributed by atoms with Crippen molar-refractivity contribution in [1.29, 1.82) is 0 Å². The summed E-state index contributed by atoms with van der Waals surface area (Å²) in [4.78, 5) is 15.5. The maximum atomic E-state index is 11.4. The lowest BCUT2D eigenvalue weighted by molar-refractivity contribution is 0.737. The molecule has 0 atom stereocenters. The summed E-state index contributed by atoms with van der Waals surface area (Å²) in [6, 6.07) is 6.00. The predicted octanol–water partition coefficient (Wildman–Crippen LogP) is 0.953. The molecule has 0 saturated carbocycles. The third-order valence-corrected chi connectivity index (χ3v) is 2.55. The fourth-order valence-corrected chi connectivity index (χ4v) is 1.95. The Balaban J connectivity index is 2.64. The van der Waals surface area contributed by atoms with Crippen LogP contribution in [0.25, 0.3) is 11.0 Å². The van der Waals surface area contributed by atoms with E-state index in [2.05, 4.69) is 11.1 Å². The number of aryl methyl sites for hydroxylation is 2. The van der Waals surface area contributed by atoms with E-state index < -0.39 is 0 Å². The second-order valence-corrected chi connectivity index (χ2v) is 3.28. The third kappa shape index (κ3) is 0.786. The first-order chi connectivity index (χ1) is 6.36. The zero-order chi connectivity index (χ0) is 8.84. The van der Waals surface area contributed by atoms with Crippen molar-refractivity contribution >= 4 is 11.0 Å².